The molecule has 0 aliphatic rings. The zero-order valence-electron chi connectivity index (χ0n) is 22.5. The Kier molecular flexibility index (Phi) is 10.4. The third kappa shape index (κ3) is 8.32. The average Bonchev–Trinajstić information content (AvgIpc) is 2.92. The van der Waals surface area contributed by atoms with Crippen LogP contribution in [0.15, 0.2) is 72.8 Å². The van der Waals surface area contributed by atoms with Crippen LogP contribution in [-0.2, 0) is 32.1 Å². The van der Waals surface area contributed by atoms with Gasteiger partial charge in [-0.2, -0.15) is 8.78 Å². The molecule has 0 saturated heterocycles. The maximum atomic E-state index is 15.2. The standard InChI is InChI=1S/C34H36F4O/c1-2-3-4-5-6-7-25-9-14-27(32(35)23-25)15-10-26-13-21-31-29(22-26)18-17-28(33(31)36)16-8-24-11-19-30(20-12-24)39-34(37)38/h9,11-14,17-23,34H,2-8,10,15-16H2,1H3. The second kappa shape index (κ2) is 14.2. The number of hydrogen-bond donors (Lipinski definition) is 0. The lowest BCUT2D eigenvalue weighted by molar-refractivity contribution is -0.0498. The zero-order chi connectivity index (χ0) is 27.6. The number of alkyl halides is 2. The first-order chi connectivity index (χ1) is 18.9. The van der Waals surface area contributed by atoms with E-state index < -0.39 is 6.61 Å². The van der Waals surface area contributed by atoms with E-state index in [0.29, 0.717) is 42.2 Å². The summed E-state index contributed by atoms with van der Waals surface area (Å²) in [5, 5.41) is 1.38. The molecule has 0 N–H and O–H groups in total. The van der Waals surface area contributed by atoms with E-state index in [1.807, 2.05) is 30.3 Å². The van der Waals surface area contributed by atoms with Crippen LogP contribution >= 0.6 is 0 Å². The second-order valence-electron chi connectivity index (χ2n) is 10.2. The first-order valence-corrected chi connectivity index (χ1v) is 13.9. The van der Waals surface area contributed by atoms with Crippen molar-refractivity contribution >= 4 is 10.8 Å². The molecule has 4 aromatic rings. The number of halogens is 4. The molecule has 5 heteroatoms. The minimum absolute atomic E-state index is 0.106. The van der Waals surface area contributed by atoms with E-state index in [9.17, 15) is 13.2 Å². The van der Waals surface area contributed by atoms with Crippen molar-refractivity contribution in [2.24, 2.45) is 0 Å². The summed E-state index contributed by atoms with van der Waals surface area (Å²) in [6, 6.07) is 21.5. The molecule has 206 valence electrons. The Morgan fingerprint density at radius 1 is 0.615 bits per heavy atom. The number of ether oxygens (including phenoxy) is 1. The molecule has 0 saturated carbocycles. The Bertz CT molecular complexity index is 1350. The van der Waals surface area contributed by atoms with Crippen LogP contribution in [0.2, 0.25) is 0 Å². The molecular weight excluding hydrogens is 500 g/mol. The largest absolute Gasteiger partial charge is 0.435 e. The molecule has 0 bridgehead atoms. The molecule has 39 heavy (non-hydrogen) atoms. The third-order valence-corrected chi connectivity index (χ3v) is 7.30. The lowest BCUT2D eigenvalue weighted by Crippen LogP contribution is -2.02. The maximum Gasteiger partial charge on any atom is 0.387 e. The van der Waals surface area contributed by atoms with Gasteiger partial charge in [0, 0.05) is 5.39 Å². The van der Waals surface area contributed by atoms with Gasteiger partial charge in [-0.25, -0.2) is 8.78 Å². The Morgan fingerprint density at radius 3 is 2.00 bits per heavy atom. The zero-order valence-corrected chi connectivity index (χ0v) is 22.5. The summed E-state index contributed by atoms with van der Waals surface area (Å²) in [5.74, 6) is -0.281. The van der Waals surface area contributed by atoms with Crippen LogP contribution in [-0.4, -0.2) is 6.61 Å². The first-order valence-electron chi connectivity index (χ1n) is 13.9. The summed E-state index contributed by atoms with van der Waals surface area (Å²) in [7, 11) is 0. The molecule has 1 nitrogen and oxygen atoms in total. The summed E-state index contributed by atoms with van der Waals surface area (Å²) >= 11 is 0. The van der Waals surface area contributed by atoms with Gasteiger partial charge in [-0.3, -0.25) is 0 Å². The highest BCUT2D eigenvalue weighted by atomic mass is 19.3. The molecule has 0 amide bonds. The molecule has 0 aliphatic heterocycles. The number of unbranched alkanes of at least 4 members (excludes halogenated alkanes) is 4. The van der Waals surface area contributed by atoms with E-state index in [-0.39, 0.29) is 17.4 Å². The third-order valence-electron chi connectivity index (χ3n) is 7.30. The van der Waals surface area contributed by atoms with Gasteiger partial charge in [0.15, 0.2) is 0 Å². The molecule has 0 atom stereocenters. The summed E-state index contributed by atoms with van der Waals surface area (Å²) in [6.45, 7) is -0.656. The van der Waals surface area contributed by atoms with Crippen LogP contribution in [0.25, 0.3) is 10.8 Å². The van der Waals surface area contributed by atoms with Crippen molar-refractivity contribution in [3.05, 3.63) is 112 Å². The Balaban J connectivity index is 1.33. The predicted molar refractivity (Wildman–Crippen MR) is 151 cm³/mol. The minimum atomic E-state index is -2.86. The molecule has 0 radical (unpaired) electrons. The number of benzene rings is 4. The summed E-state index contributed by atoms with van der Waals surface area (Å²) in [6.07, 6.45) is 9.28. The predicted octanol–water partition coefficient (Wildman–Crippen LogP) is 9.80. The van der Waals surface area contributed by atoms with Gasteiger partial charge in [-0.15, -0.1) is 0 Å². The molecule has 0 aromatic heterocycles. The number of hydrogen-bond acceptors (Lipinski definition) is 1. The second-order valence-corrected chi connectivity index (χ2v) is 10.2. The van der Waals surface area contributed by atoms with Crippen molar-refractivity contribution in [2.75, 3.05) is 0 Å². The van der Waals surface area contributed by atoms with Gasteiger partial charge in [-0.1, -0.05) is 87.2 Å². The van der Waals surface area contributed by atoms with Crippen LogP contribution in [0.4, 0.5) is 17.6 Å². The summed E-state index contributed by atoms with van der Waals surface area (Å²) in [5.41, 5.74) is 4.33. The Hall–Kier alpha value is -3.34. The van der Waals surface area contributed by atoms with E-state index in [0.717, 1.165) is 34.9 Å². The van der Waals surface area contributed by atoms with E-state index in [4.69, 9.17) is 0 Å². The van der Waals surface area contributed by atoms with Gasteiger partial charge < -0.3 is 4.74 Å². The first kappa shape index (κ1) is 28.7. The molecule has 0 spiro atoms. The topological polar surface area (TPSA) is 9.23 Å². The molecule has 4 rings (SSSR count). The van der Waals surface area contributed by atoms with Gasteiger partial charge in [0.2, 0.25) is 0 Å². The number of aryl methyl sites for hydroxylation is 5. The summed E-state index contributed by atoms with van der Waals surface area (Å²) in [4.78, 5) is 0. The van der Waals surface area contributed by atoms with Gasteiger partial charge >= 0.3 is 6.61 Å². The Labute approximate surface area is 228 Å². The number of rotatable bonds is 14. The average molecular weight is 537 g/mol. The van der Waals surface area contributed by atoms with Crippen LogP contribution in [0, 0.1) is 11.6 Å². The molecular formula is C34H36F4O. The highest BCUT2D eigenvalue weighted by Crippen LogP contribution is 2.25. The SMILES string of the molecule is CCCCCCCc1ccc(CCc2ccc3c(F)c(CCc4ccc(OC(F)F)cc4)ccc3c2)c(F)c1. The van der Waals surface area contributed by atoms with Crippen molar-refractivity contribution in [1.29, 1.82) is 0 Å². The smallest absolute Gasteiger partial charge is 0.387 e. The normalized spacial score (nSPS) is 11.4. The van der Waals surface area contributed by atoms with Gasteiger partial charge in [0.05, 0.1) is 0 Å². The fourth-order valence-electron chi connectivity index (χ4n) is 5.01. The van der Waals surface area contributed by atoms with Crippen molar-refractivity contribution in [2.45, 2.75) is 77.7 Å². The lowest BCUT2D eigenvalue weighted by atomic mass is 9.96. The fraction of sp³-hybridized carbons (Fsp3) is 0.353. The molecule has 0 heterocycles. The van der Waals surface area contributed by atoms with Gasteiger partial charge in [0.1, 0.15) is 17.4 Å². The van der Waals surface area contributed by atoms with E-state index in [1.165, 1.54) is 37.8 Å². The van der Waals surface area contributed by atoms with E-state index in [1.54, 1.807) is 30.3 Å². The maximum absolute atomic E-state index is 15.2. The van der Waals surface area contributed by atoms with Crippen molar-refractivity contribution in [3.8, 4) is 5.75 Å². The van der Waals surface area contributed by atoms with E-state index >= 15 is 4.39 Å². The lowest BCUT2D eigenvalue weighted by Gasteiger charge is -2.10. The minimum Gasteiger partial charge on any atom is -0.435 e. The number of fused-ring (bicyclic) bond motifs is 1. The molecule has 0 fully saturated rings. The summed E-state index contributed by atoms with van der Waals surface area (Å²) < 4.78 is 59.0. The van der Waals surface area contributed by atoms with Gasteiger partial charge in [0.25, 0.3) is 0 Å². The van der Waals surface area contributed by atoms with Crippen LogP contribution in [0.5, 0.6) is 5.75 Å². The van der Waals surface area contributed by atoms with Gasteiger partial charge in [-0.05, 0) is 89.9 Å². The molecule has 4 aromatic carbocycles. The highest BCUT2D eigenvalue weighted by Gasteiger charge is 2.10. The van der Waals surface area contributed by atoms with E-state index in [2.05, 4.69) is 11.7 Å². The Morgan fingerprint density at radius 2 is 1.26 bits per heavy atom. The van der Waals surface area contributed by atoms with Crippen molar-refractivity contribution < 1.29 is 22.3 Å². The van der Waals surface area contributed by atoms with Crippen LogP contribution in [0.1, 0.15) is 66.8 Å². The van der Waals surface area contributed by atoms with Crippen molar-refractivity contribution in [3.63, 3.8) is 0 Å². The monoisotopic (exact) mass is 536 g/mol. The molecule has 0 aliphatic carbocycles. The van der Waals surface area contributed by atoms with Crippen molar-refractivity contribution in [1.82, 2.24) is 0 Å². The molecule has 0 unspecified atom stereocenters. The van der Waals surface area contributed by atoms with Crippen LogP contribution in [0.3, 0.4) is 0 Å². The van der Waals surface area contributed by atoms with Crippen LogP contribution < -0.4 is 4.74 Å². The highest BCUT2D eigenvalue weighted by molar-refractivity contribution is 5.84. The fourth-order valence-corrected chi connectivity index (χ4v) is 5.01. The quantitative estimate of drug-likeness (QED) is 0.115.